The van der Waals surface area contributed by atoms with E-state index in [-0.39, 0.29) is 0 Å². The van der Waals surface area contributed by atoms with Gasteiger partial charge in [0.25, 0.3) is 0 Å². The van der Waals surface area contributed by atoms with E-state index in [2.05, 4.69) is 9.13 Å². The monoisotopic (exact) mass is 374 g/mol. The number of hydrogen-bond acceptors (Lipinski definition) is 2. The fraction of sp³-hybridized carbons (Fsp3) is 1.00. The number of halogens is 2. The topological polar surface area (TPSA) is 6.48 Å². The minimum Gasteiger partial charge on any atom is -0.287 e. The van der Waals surface area contributed by atoms with Crippen molar-refractivity contribution in [3.05, 3.63) is 0 Å². The first-order chi connectivity index (χ1) is 11.1. The molecule has 2 saturated carbocycles. The van der Waals surface area contributed by atoms with Crippen LogP contribution >= 0.6 is 22.2 Å². The lowest BCUT2D eigenvalue weighted by Gasteiger charge is -2.50. The van der Waals surface area contributed by atoms with Gasteiger partial charge in [0.1, 0.15) is 0 Å². The molecule has 0 aromatic heterocycles. The summed E-state index contributed by atoms with van der Waals surface area (Å²) >= 11 is 14.2. The van der Waals surface area contributed by atoms with Gasteiger partial charge in [-0.25, -0.2) is 0 Å². The van der Waals surface area contributed by atoms with E-state index < -0.39 is 7.02 Å². The Hall–Kier alpha value is 0.717. The van der Waals surface area contributed by atoms with Crippen LogP contribution in [-0.2, 0) is 0 Å². The normalized spacial score (nSPS) is 40.4. The van der Waals surface area contributed by atoms with Gasteiger partial charge in [0.2, 0.25) is 0 Å². The van der Waals surface area contributed by atoms with E-state index in [4.69, 9.17) is 22.2 Å². The fourth-order valence-electron chi connectivity index (χ4n) is 5.89. The quantitative estimate of drug-likeness (QED) is 0.499. The standard InChI is InChI=1S/C18H32Cl2N2Si/c19-23(20,21-11-9-15-5-1-3-7-17(15)13-21)22-12-10-16-6-2-4-8-18(16)14-22/h15-18H,1-14H2. The molecule has 23 heavy (non-hydrogen) atoms. The van der Waals surface area contributed by atoms with Gasteiger partial charge in [-0.1, -0.05) is 38.5 Å². The molecule has 5 heteroatoms. The molecule has 2 saturated heterocycles. The highest BCUT2D eigenvalue weighted by Gasteiger charge is 2.49. The smallest absolute Gasteiger partial charge is 0.287 e. The first kappa shape index (κ1) is 17.1. The summed E-state index contributed by atoms with van der Waals surface area (Å²) in [4.78, 5) is 0. The van der Waals surface area contributed by atoms with Crippen LogP contribution in [0.2, 0.25) is 0 Å². The molecule has 2 heterocycles. The van der Waals surface area contributed by atoms with Crippen molar-refractivity contribution in [3.63, 3.8) is 0 Å². The summed E-state index contributed by atoms with van der Waals surface area (Å²) < 4.78 is 5.07. The van der Waals surface area contributed by atoms with E-state index in [9.17, 15) is 0 Å². The van der Waals surface area contributed by atoms with E-state index >= 15 is 0 Å². The summed E-state index contributed by atoms with van der Waals surface area (Å²) in [7, 11) is -2.44. The summed E-state index contributed by atoms with van der Waals surface area (Å²) in [6.07, 6.45) is 14.1. The molecule has 4 atom stereocenters. The van der Waals surface area contributed by atoms with Gasteiger partial charge in [-0.3, -0.25) is 9.13 Å². The Morgan fingerprint density at radius 1 is 0.565 bits per heavy atom. The van der Waals surface area contributed by atoms with Crippen molar-refractivity contribution < 1.29 is 0 Å². The van der Waals surface area contributed by atoms with Crippen LogP contribution in [-0.4, -0.2) is 42.3 Å². The summed E-state index contributed by atoms with van der Waals surface area (Å²) in [6.45, 7) is 4.64. The van der Waals surface area contributed by atoms with Crippen LogP contribution in [0.15, 0.2) is 0 Å². The Morgan fingerprint density at radius 2 is 0.957 bits per heavy atom. The minimum atomic E-state index is -2.44. The van der Waals surface area contributed by atoms with Gasteiger partial charge >= 0.3 is 7.02 Å². The molecule has 132 valence electrons. The van der Waals surface area contributed by atoms with Crippen LogP contribution in [0.5, 0.6) is 0 Å². The van der Waals surface area contributed by atoms with Crippen molar-refractivity contribution in [1.29, 1.82) is 0 Å². The predicted molar refractivity (Wildman–Crippen MR) is 101 cm³/mol. The van der Waals surface area contributed by atoms with Crippen LogP contribution in [0.1, 0.15) is 64.2 Å². The highest BCUT2D eigenvalue weighted by atomic mass is 35.7. The molecule has 4 rings (SSSR count). The van der Waals surface area contributed by atoms with Crippen LogP contribution < -0.4 is 0 Å². The first-order valence-corrected chi connectivity index (χ1v) is 13.9. The number of hydrogen-bond donors (Lipinski definition) is 0. The van der Waals surface area contributed by atoms with Gasteiger partial charge in [-0.05, 0) is 75.5 Å². The summed E-state index contributed by atoms with van der Waals surface area (Å²) in [6, 6.07) is 0. The molecule has 4 unspecified atom stereocenters. The second-order valence-corrected chi connectivity index (χ2v) is 14.6. The molecule has 0 N–H and O–H groups in total. The van der Waals surface area contributed by atoms with Gasteiger partial charge in [-0.2, -0.15) is 0 Å². The van der Waals surface area contributed by atoms with Crippen molar-refractivity contribution >= 4 is 29.2 Å². The zero-order valence-electron chi connectivity index (χ0n) is 14.4. The SMILES string of the molecule is Cl[Si](Cl)(N1CCC2CCCCC2C1)N1CCC2CCCCC2C1. The number of nitrogens with zero attached hydrogens (tertiary/aromatic N) is 2. The Labute approximate surface area is 152 Å². The number of fused-ring (bicyclic) bond motifs is 2. The van der Waals surface area contributed by atoms with Gasteiger partial charge in [0.15, 0.2) is 0 Å². The van der Waals surface area contributed by atoms with Gasteiger partial charge in [0, 0.05) is 0 Å². The first-order valence-electron chi connectivity index (χ1n) is 10.0. The summed E-state index contributed by atoms with van der Waals surface area (Å²) in [5.41, 5.74) is 0. The molecule has 0 aromatic carbocycles. The third-order valence-corrected chi connectivity index (χ3v) is 12.5. The summed E-state index contributed by atoms with van der Waals surface area (Å²) in [5.74, 6) is 3.66. The second kappa shape index (κ2) is 7.15. The molecule has 0 spiro atoms. The Kier molecular flexibility index (Phi) is 5.33. The maximum absolute atomic E-state index is 7.11. The van der Waals surface area contributed by atoms with E-state index in [1.54, 1.807) is 0 Å². The molecular weight excluding hydrogens is 343 g/mol. The van der Waals surface area contributed by atoms with Crippen LogP contribution in [0.3, 0.4) is 0 Å². The van der Waals surface area contributed by atoms with E-state index in [0.717, 1.165) is 36.8 Å². The molecular formula is C18H32Cl2N2Si. The minimum absolute atomic E-state index is 0.870. The molecule has 4 fully saturated rings. The molecule has 2 nitrogen and oxygen atoms in total. The Morgan fingerprint density at radius 3 is 1.39 bits per heavy atom. The molecule has 4 aliphatic rings. The van der Waals surface area contributed by atoms with Crippen molar-refractivity contribution in [2.45, 2.75) is 64.2 Å². The van der Waals surface area contributed by atoms with E-state index in [1.165, 1.54) is 77.3 Å². The zero-order valence-corrected chi connectivity index (χ0v) is 16.9. The zero-order chi connectivity index (χ0) is 15.9. The molecule has 0 aromatic rings. The lowest BCUT2D eigenvalue weighted by molar-refractivity contribution is 0.105. The van der Waals surface area contributed by atoms with Crippen LogP contribution in [0.25, 0.3) is 0 Å². The fourth-order valence-corrected chi connectivity index (χ4v) is 9.84. The third-order valence-electron chi connectivity index (χ3n) is 7.34. The van der Waals surface area contributed by atoms with Gasteiger partial charge < -0.3 is 0 Å². The second-order valence-electron chi connectivity index (χ2n) is 8.59. The number of rotatable bonds is 2. The van der Waals surface area contributed by atoms with Crippen LogP contribution in [0.4, 0.5) is 0 Å². The van der Waals surface area contributed by atoms with Crippen LogP contribution in [0, 0.1) is 23.7 Å². The van der Waals surface area contributed by atoms with Crippen molar-refractivity contribution in [2.75, 3.05) is 26.2 Å². The molecule has 0 bridgehead atoms. The van der Waals surface area contributed by atoms with E-state index in [1.807, 2.05) is 0 Å². The third kappa shape index (κ3) is 3.51. The highest BCUT2D eigenvalue weighted by Crippen LogP contribution is 2.42. The lowest BCUT2D eigenvalue weighted by atomic mass is 9.76. The Bertz CT molecular complexity index is 384. The molecule has 2 aliphatic heterocycles. The molecule has 0 amide bonds. The van der Waals surface area contributed by atoms with Gasteiger partial charge in [0.05, 0.1) is 0 Å². The van der Waals surface area contributed by atoms with Gasteiger partial charge in [-0.15, -0.1) is 22.2 Å². The lowest BCUT2D eigenvalue weighted by Crippen LogP contribution is -2.64. The highest BCUT2D eigenvalue weighted by molar-refractivity contribution is 7.42. The van der Waals surface area contributed by atoms with E-state index in [0.29, 0.717) is 0 Å². The maximum atomic E-state index is 7.11. The van der Waals surface area contributed by atoms with Crippen molar-refractivity contribution in [2.24, 2.45) is 23.7 Å². The van der Waals surface area contributed by atoms with Crippen molar-refractivity contribution in [1.82, 2.24) is 9.13 Å². The molecule has 0 radical (unpaired) electrons. The maximum Gasteiger partial charge on any atom is 0.408 e. The number of piperidine rings is 2. The average molecular weight is 375 g/mol. The molecule has 2 aliphatic carbocycles. The van der Waals surface area contributed by atoms with Crippen molar-refractivity contribution in [3.8, 4) is 0 Å². The average Bonchev–Trinajstić information content (AvgIpc) is 2.61. The summed E-state index contributed by atoms with van der Waals surface area (Å²) in [5, 5.41) is 0. The Balaban J connectivity index is 1.40. The predicted octanol–water partition coefficient (Wildman–Crippen LogP) is 4.92. The largest absolute Gasteiger partial charge is 0.408 e.